The van der Waals surface area contributed by atoms with Gasteiger partial charge in [0.15, 0.2) is 0 Å². The van der Waals surface area contributed by atoms with Gasteiger partial charge < -0.3 is 25.6 Å². The Kier molecular flexibility index (Phi) is 7.19. The maximum atomic E-state index is 14.7. The molecule has 0 fully saturated rings. The fourth-order valence-electron chi connectivity index (χ4n) is 3.71. The van der Waals surface area contributed by atoms with E-state index in [4.69, 9.17) is 0 Å². The van der Waals surface area contributed by atoms with Crippen molar-refractivity contribution in [2.75, 3.05) is 19.4 Å². The van der Waals surface area contributed by atoms with E-state index in [0.717, 1.165) is 0 Å². The molecule has 1 aliphatic rings. The molecule has 0 saturated carbocycles. The topological polar surface area (TPSA) is 108 Å². The molecule has 0 bridgehead atoms. The maximum Gasteiger partial charge on any atom is 0.255 e. The third-order valence-corrected chi connectivity index (χ3v) is 5.52. The standard InChI is InChI=1S/C23H25FN4O4/c1-25-20(30)10-9-15(13-29)28-12-18-16(23(28)32)6-4-8-19(18)27-11-14-5-3-7-17(21(14)24)22(31)26-2/h3-8,13,15,27H,9-12H2,1-2H3,(H,25,30)(H,26,31). The molecule has 1 heterocycles. The van der Waals surface area contributed by atoms with Gasteiger partial charge in [-0.1, -0.05) is 18.2 Å². The molecule has 3 rings (SSSR count). The molecule has 0 aliphatic carbocycles. The molecule has 1 unspecified atom stereocenters. The quantitative estimate of drug-likeness (QED) is 0.516. The summed E-state index contributed by atoms with van der Waals surface area (Å²) in [6.07, 6.45) is 1.04. The number of carbonyl (C=O) groups is 4. The molecule has 0 radical (unpaired) electrons. The molecule has 1 atom stereocenters. The zero-order valence-corrected chi connectivity index (χ0v) is 17.9. The fraction of sp³-hybridized carbons (Fsp3) is 0.304. The lowest BCUT2D eigenvalue weighted by Crippen LogP contribution is -2.37. The Balaban J connectivity index is 1.77. The Morgan fingerprint density at radius 3 is 2.59 bits per heavy atom. The Hall–Kier alpha value is -3.75. The monoisotopic (exact) mass is 440 g/mol. The van der Waals surface area contributed by atoms with Crippen LogP contribution in [0.5, 0.6) is 0 Å². The van der Waals surface area contributed by atoms with Crippen LogP contribution in [0.15, 0.2) is 36.4 Å². The summed E-state index contributed by atoms with van der Waals surface area (Å²) >= 11 is 0. The summed E-state index contributed by atoms with van der Waals surface area (Å²) in [4.78, 5) is 49.3. The van der Waals surface area contributed by atoms with Gasteiger partial charge in [-0.05, 0) is 24.6 Å². The van der Waals surface area contributed by atoms with Crippen molar-refractivity contribution in [3.8, 4) is 0 Å². The van der Waals surface area contributed by atoms with E-state index >= 15 is 0 Å². The summed E-state index contributed by atoms with van der Waals surface area (Å²) in [6.45, 7) is 0.310. The molecule has 0 aromatic heterocycles. The highest BCUT2D eigenvalue weighted by Gasteiger charge is 2.34. The zero-order valence-electron chi connectivity index (χ0n) is 17.9. The molecule has 3 amide bonds. The molecule has 2 aromatic rings. The predicted molar refractivity (Wildman–Crippen MR) is 117 cm³/mol. The predicted octanol–water partition coefficient (Wildman–Crippen LogP) is 1.85. The first kappa shape index (κ1) is 22.9. The minimum Gasteiger partial charge on any atom is -0.381 e. The summed E-state index contributed by atoms with van der Waals surface area (Å²) in [5.41, 5.74) is 2.06. The number of hydrogen-bond acceptors (Lipinski definition) is 5. The molecule has 32 heavy (non-hydrogen) atoms. The molecule has 8 nitrogen and oxygen atoms in total. The lowest BCUT2D eigenvalue weighted by atomic mass is 10.1. The number of anilines is 1. The van der Waals surface area contributed by atoms with E-state index in [9.17, 15) is 23.6 Å². The minimum atomic E-state index is -0.721. The molecule has 0 saturated heterocycles. The van der Waals surface area contributed by atoms with Gasteiger partial charge in [0.25, 0.3) is 11.8 Å². The Bertz CT molecular complexity index is 1060. The van der Waals surface area contributed by atoms with Gasteiger partial charge in [0.2, 0.25) is 5.91 Å². The van der Waals surface area contributed by atoms with Crippen molar-refractivity contribution in [1.29, 1.82) is 0 Å². The van der Waals surface area contributed by atoms with Gasteiger partial charge in [-0.2, -0.15) is 0 Å². The fourth-order valence-corrected chi connectivity index (χ4v) is 3.71. The molecule has 168 valence electrons. The molecule has 1 aliphatic heterocycles. The van der Waals surface area contributed by atoms with Crippen LogP contribution in [0, 0.1) is 5.82 Å². The van der Waals surface area contributed by atoms with E-state index in [1.54, 1.807) is 30.3 Å². The number of nitrogens with one attached hydrogen (secondary N) is 3. The highest BCUT2D eigenvalue weighted by molar-refractivity contribution is 6.01. The van der Waals surface area contributed by atoms with E-state index in [-0.39, 0.29) is 43.3 Å². The smallest absolute Gasteiger partial charge is 0.255 e. The minimum absolute atomic E-state index is 0.0450. The SMILES string of the molecule is CNC(=O)CCC(C=O)N1Cc2c(NCc3cccc(C(=O)NC)c3F)cccc2C1=O. The van der Waals surface area contributed by atoms with E-state index in [1.807, 2.05) is 0 Å². The third-order valence-electron chi connectivity index (χ3n) is 5.52. The number of fused-ring (bicyclic) bond motifs is 1. The van der Waals surface area contributed by atoms with Crippen LogP contribution in [0.25, 0.3) is 0 Å². The second-order valence-electron chi connectivity index (χ2n) is 7.39. The Morgan fingerprint density at radius 2 is 1.91 bits per heavy atom. The number of halogens is 1. The van der Waals surface area contributed by atoms with E-state index in [1.165, 1.54) is 25.1 Å². The summed E-state index contributed by atoms with van der Waals surface area (Å²) in [5, 5.41) is 8.05. The van der Waals surface area contributed by atoms with Crippen molar-refractivity contribution in [2.24, 2.45) is 0 Å². The van der Waals surface area contributed by atoms with Gasteiger partial charge in [0.1, 0.15) is 12.1 Å². The zero-order chi connectivity index (χ0) is 23.3. The first-order valence-electron chi connectivity index (χ1n) is 10.2. The van der Waals surface area contributed by atoms with Crippen LogP contribution in [0.2, 0.25) is 0 Å². The first-order chi connectivity index (χ1) is 15.4. The first-order valence-corrected chi connectivity index (χ1v) is 10.2. The van der Waals surface area contributed by atoms with E-state index < -0.39 is 17.8 Å². The second kappa shape index (κ2) is 10.0. The van der Waals surface area contributed by atoms with Gasteiger partial charge in [0, 0.05) is 56.0 Å². The molecule has 3 N–H and O–H groups in total. The van der Waals surface area contributed by atoms with Crippen molar-refractivity contribution >= 4 is 29.7 Å². The maximum absolute atomic E-state index is 14.7. The van der Waals surface area contributed by atoms with Crippen LogP contribution in [-0.4, -0.2) is 49.0 Å². The number of amides is 3. The molecular weight excluding hydrogens is 415 g/mol. The van der Waals surface area contributed by atoms with Crippen molar-refractivity contribution in [3.63, 3.8) is 0 Å². The molecule has 9 heteroatoms. The summed E-state index contributed by atoms with van der Waals surface area (Å²) in [5.74, 6) is -1.61. The number of rotatable bonds is 9. The van der Waals surface area contributed by atoms with Crippen molar-refractivity contribution in [3.05, 3.63) is 64.5 Å². The highest BCUT2D eigenvalue weighted by atomic mass is 19.1. The summed E-state index contributed by atoms with van der Waals surface area (Å²) in [6, 6.07) is 9.03. The Labute approximate surface area is 185 Å². The largest absolute Gasteiger partial charge is 0.381 e. The second-order valence-corrected chi connectivity index (χ2v) is 7.39. The number of benzene rings is 2. The van der Waals surface area contributed by atoms with Gasteiger partial charge in [-0.15, -0.1) is 0 Å². The molecule has 2 aromatic carbocycles. The number of carbonyl (C=O) groups excluding carboxylic acids is 4. The summed E-state index contributed by atoms with van der Waals surface area (Å²) < 4.78 is 14.7. The lowest BCUT2D eigenvalue weighted by molar-refractivity contribution is -0.121. The number of aldehydes is 1. The van der Waals surface area contributed by atoms with Crippen molar-refractivity contribution in [1.82, 2.24) is 15.5 Å². The van der Waals surface area contributed by atoms with Crippen LogP contribution < -0.4 is 16.0 Å². The highest BCUT2D eigenvalue weighted by Crippen LogP contribution is 2.31. The van der Waals surface area contributed by atoms with Crippen LogP contribution in [0.4, 0.5) is 10.1 Å². The summed E-state index contributed by atoms with van der Waals surface area (Å²) in [7, 11) is 2.95. The number of hydrogen-bond donors (Lipinski definition) is 3. The average Bonchev–Trinajstić information content (AvgIpc) is 3.15. The van der Waals surface area contributed by atoms with E-state index in [2.05, 4.69) is 16.0 Å². The van der Waals surface area contributed by atoms with Crippen molar-refractivity contribution in [2.45, 2.75) is 32.0 Å². The van der Waals surface area contributed by atoms with Crippen LogP contribution in [-0.2, 0) is 22.7 Å². The van der Waals surface area contributed by atoms with Crippen molar-refractivity contribution < 1.29 is 23.6 Å². The van der Waals surface area contributed by atoms with E-state index in [0.29, 0.717) is 28.7 Å². The normalized spacial score (nSPS) is 13.3. The average molecular weight is 440 g/mol. The van der Waals surface area contributed by atoms with Gasteiger partial charge in [-0.3, -0.25) is 14.4 Å². The lowest BCUT2D eigenvalue weighted by Gasteiger charge is -2.23. The molecule has 0 spiro atoms. The van der Waals surface area contributed by atoms with Crippen LogP contribution >= 0.6 is 0 Å². The number of nitrogens with zero attached hydrogens (tertiary/aromatic N) is 1. The van der Waals surface area contributed by atoms with Crippen LogP contribution in [0.3, 0.4) is 0 Å². The Morgan fingerprint density at radius 1 is 1.16 bits per heavy atom. The van der Waals surface area contributed by atoms with Gasteiger partial charge in [0.05, 0.1) is 11.6 Å². The molecular formula is C23H25FN4O4. The van der Waals surface area contributed by atoms with Crippen LogP contribution in [0.1, 0.15) is 44.7 Å². The van der Waals surface area contributed by atoms with Gasteiger partial charge >= 0.3 is 0 Å². The van der Waals surface area contributed by atoms with Gasteiger partial charge in [-0.25, -0.2) is 4.39 Å². The third kappa shape index (κ3) is 4.61.